The fourth-order valence-corrected chi connectivity index (χ4v) is 10.3. The minimum absolute atomic E-state index is 0.0655. The second-order valence-electron chi connectivity index (χ2n) is 18.0. The lowest BCUT2D eigenvalue weighted by atomic mass is 9.49. The number of nitriles is 1. The summed E-state index contributed by atoms with van der Waals surface area (Å²) < 4.78 is 12.2. The van der Waals surface area contributed by atoms with Gasteiger partial charge >= 0.3 is 0 Å². The van der Waals surface area contributed by atoms with E-state index in [0.717, 1.165) is 70.0 Å². The Bertz CT molecular complexity index is 2150. The molecule has 0 bridgehead atoms. The third-order valence-electron chi connectivity index (χ3n) is 13.2. The summed E-state index contributed by atoms with van der Waals surface area (Å²) in [6.07, 6.45) is 2.33. The molecule has 304 valence electrons. The van der Waals surface area contributed by atoms with E-state index in [1.54, 1.807) is 23.1 Å². The van der Waals surface area contributed by atoms with Crippen molar-refractivity contribution in [2.24, 2.45) is 16.2 Å². The molecule has 0 aromatic heterocycles. The zero-order valence-corrected chi connectivity index (χ0v) is 34.4. The summed E-state index contributed by atoms with van der Waals surface area (Å²) in [4.78, 5) is 57.3. The SMILES string of the molecule is CC1(C)[C@H](NC(=O)c2ccc(CC3(CCN4CCN(c5ccc6c(c5)CN(C5CCC(=O)NC5=O)C6=O)CC4)COC3)cc2)C(C)(C)[C@H]1Oc1ccc(C#N)c(Cl)c1. The smallest absolute Gasteiger partial charge is 0.255 e. The van der Waals surface area contributed by atoms with Gasteiger partial charge in [0.15, 0.2) is 0 Å². The summed E-state index contributed by atoms with van der Waals surface area (Å²) >= 11 is 6.26. The number of halogens is 1. The number of hydrogen-bond acceptors (Lipinski definition) is 9. The molecular weight excluding hydrogens is 756 g/mol. The van der Waals surface area contributed by atoms with Crippen molar-refractivity contribution in [2.45, 2.75) is 78.1 Å². The maximum Gasteiger partial charge on any atom is 0.255 e. The fourth-order valence-electron chi connectivity index (χ4n) is 10.1. The van der Waals surface area contributed by atoms with Crippen LogP contribution in [0, 0.1) is 27.6 Å². The van der Waals surface area contributed by atoms with Gasteiger partial charge in [0.1, 0.15) is 24.0 Å². The number of imide groups is 1. The molecule has 5 aliphatic rings. The highest BCUT2D eigenvalue weighted by molar-refractivity contribution is 6.31. The first-order chi connectivity index (χ1) is 27.7. The van der Waals surface area contributed by atoms with Crippen LogP contribution in [0.1, 0.15) is 84.4 Å². The first kappa shape index (κ1) is 39.8. The van der Waals surface area contributed by atoms with Gasteiger partial charge in [-0.2, -0.15) is 5.26 Å². The van der Waals surface area contributed by atoms with Crippen molar-refractivity contribution in [1.82, 2.24) is 20.4 Å². The topological polar surface area (TPSA) is 144 Å². The number of piperidine rings is 1. The Balaban J connectivity index is 0.810. The lowest BCUT2D eigenvalue weighted by molar-refractivity contribution is -0.164. The number of rotatable bonds is 11. The van der Waals surface area contributed by atoms with Crippen LogP contribution in [0.25, 0.3) is 0 Å². The first-order valence-electron chi connectivity index (χ1n) is 20.3. The normalized spacial score (nSPS) is 24.6. The number of fused-ring (bicyclic) bond motifs is 1. The van der Waals surface area contributed by atoms with Gasteiger partial charge < -0.3 is 24.6 Å². The van der Waals surface area contributed by atoms with E-state index in [-0.39, 0.29) is 52.5 Å². The van der Waals surface area contributed by atoms with E-state index in [1.165, 1.54) is 5.56 Å². The number of anilines is 1. The molecule has 58 heavy (non-hydrogen) atoms. The molecular formula is C45H51ClN6O6. The minimum Gasteiger partial charge on any atom is -0.489 e. The molecule has 12 nitrogen and oxygen atoms in total. The van der Waals surface area contributed by atoms with Crippen LogP contribution in [0.3, 0.4) is 0 Å². The molecule has 1 unspecified atom stereocenters. The largest absolute Gasteiger partial charge is 0.489 e. The van der Waals surface area contributed by atoms with Crippen LogP contribution in [0.15, 0.2) is 60.7 Å². The Morgan fingerprint density at radius 3 is 2.34 bits per heavy atom. The lowest BCUT2D eigenvalue weighted by Crippen LogP contribution is -2.74. The Labute approximate surface area is 344 Å². The number of ether oxygens (including phenoxy) is 2. The molecule has 3 aromatic carbocycles. The van der Waals surface area contributed by atoms with Gasteiger partial charge in [-0.1, -0.05) is 51.4 Å². The van der Waals surface area contributed by atoms with Gasteiger partial charge in [0.05, 0.1) is 23.8 Å². The van der Waals surface area contributed by atoms with Crippen LogP contribution in [-0.4, -0.2) is 97.6 Å². The van der Waals surface area contributed by atoms with Crippen molar-refractivity contribution in [3.8, 4) is 11.8 Å². The van der Waals surface area contributed by atoms with Crippen LogP contribution in [0.5, 0.6) is 5.75 Å². The van der Waals surface area contributed by atoms with E-state index in [2.05, 4.69) is 72.4 Å². The fraction of sp³-hybridized carbons (Fsp3) is 0.489. The number of piperazine rings is 1. The average molecular weight is 807 g/mol. The van der Waals surface area contributed by atoms with E-state index in [4.69, 9.17) is 21.1 Å². The molecule has 4 heterocycles. The van der Waals surface area contributed by atoms with Crippen molar-refractivity contribution >= 4 is 40.9 Å². The van der Waals surface area contributed by atoms with Crippen LogP contribution >= 0.6 is 11.6 Å². The maximum absolute atomic E-state index is 13.5. The lowest BCUT2D eigenvalue weighted by Gasteiger charge is -2.63. The van der Waals surface area contributed by atoms with Gasteiger partial charge in [-0.3, -0.25) is 29.4 Å². The highest BCUT2D eigenvalue weighted by Crippen LogP contribution is 2.55. The highest BCUT2D eigenvalue weighted by Gasteiger charge is 2.64. The van der Waals surface area contributed by atoms with Gasteiger partial charge in [0, 0.05) is 84.3 Å². The Kier molecular flexibility index (Phi) is 10.5. The number of benzene rings is 3. The number of nitrogens with zero attached hydrogens (tertiary/aromatic N) is 4. The summed E-state index contributed by atoms with van der Waals surface area (Å²) in [5.41, 5.74) is 4.22. The summed E-state index contributed by atoms with van der Waals surface area (Å²) in [6.45, 7) is 14.8. The van der Waals surface area contributed by atoms with E-state index < -0.39 is 11.9 Å². The van der Waals surface area contributed by atoms with Crippen LogP contribution in [0.4, 0.5) is 5.69 Å². The molecule has 3 aromatic rings. The van der Waals surface area contributed by atoms with Gasteiger partial charge in [-0.25, -0.2) is 0 Å². The number of nitrogens with one attached hydrogen (secondary N) is 2. The third-order valence-corrected chi connectivity index (χ3v) is 13.6. The Hall–Kier alpha value is -4.96. The number of carbonyl (C=O) groups is 4. The second-order valence-corrected chi connectivity index (χ2v) is 18.4. The third kappa shape index (κ3) is 7.44. The highest BCUT2D eigenvalue weighted by atomic mass is 35.5. The zero-order valence-electron chi connectivity index (χ0n) is 33.6. The van der Waals surface area contributed by atoms with E-state index in [1.807, 2.05) is 24.3 Å². The Morgan fingerprint density at radius 1 is 0.983 bits per heavy atom. The monoisotopic (exact) mass is 806 g/mol. The molecule has 0 spiro atoms. The second kappa shape index (κ2) is 15.3. The zero-order chi connectivity index (χ0) is 41.0. The van der Waals surface area contributed by atoms with Crippen molar-refractivity contribution in [3.05, 3.63) is 93.5 Å². The van der Waals surface area contributed by atoms with Crippen molar-refractivity contribution in [2.75, 3.05) is 50.8 Å². The van der Waals surface area contributed by atoms with E-state index >= 15 is 0 Å². The van der Waals surface area contributed by atoms with Crippen LogP contribution in [0.2, 0.25) is 5.02 Å². The first-order valence-corrected chi connectivity index (χ1v) is 20.6. The van der Waals surface area contributed by atoms with Crippen molar-refractivity contribution < 1.29 is 28.7 Å². The molecule has 4 fully saturated rings. The number of hydrogen-bond donors (Lipinski definition) is 2. The predicted molar refractivity (Wildman–Crippen MR) is 219 cm³/mol. The molecule has 13 heteroatoms. The van der Waals surface area contributed by atoms with E-state index in [0.29, 0.717) is 40.4 Å². The van der Waals surface area contributed by atoms with Crippen molar-refractivity contribution in [3.63, 3.8) is 0 Å². The Morgan fingerprint density at radius 2 is 1.71 bits per heavy atom. The van der Waals surface area contributed by atoms with Crippen LogP contribution in [-0.2, 0) is 27.3 Å². The quantitative estimate of drug-likeness (QED) is 0.245. The standard InChI is InChI=1S/C45H51ClN6O6/c1-43(2)41(44(3,4)42(43)58-33-11-9-30(24-47)35(46)22-33)49-38(54)29-7-5-28(6-8-29)23-45(26-57-27-45)15-16-50-17-19-51(20-18-50)32-10-12-34-31(21-32)25-52(40(34)56)36-13-14-37(53)48-39(36)55/h5-12,21-22,36,41-42H,13-20,23,25-27H2,1-4H3,(H,49,54)(H,48,53,55)/t36?,41-,42-. The molecule has 8 rings (SSSR count). The maximum atomic E-state index is 13.5. The summed E-state index contributed by atoms with van der Waals surface area (Å²) in [7, 11) is 0. The predicted octanol–water partition coefficient (Wildman–Crippen LogP) is 5.36. The summed E-state index contributed by atoms with van der Waals surface area (Å²) in [5.74, 6) is -0.339. The minimum atomic E-state index is -0.613. The van der Waals surface area contributed by atoms with Crippen LogP contribution < -0.4 is 20.3 Å². The summed E-state index contributed by atoms with van der Waals surface area (Å²) in [5, 5.41) is 15.2. The van der Waals surface area contributed by atoms with Gasteiger partial charge in [-0.15, -0.1) is 0 Å². The van der Waals surface area contributed by atoms with Gasteiger partial charge in [0.2, 0.25) is 11.8 Å². The van der Waals surface area contributed by atoms with Gasteiger partial charge in [0.25, 0.3) is 11.8 Å². The average Bonchev–Trinajstić information content (AvgIpc) is 3.51. The molecule has 2 N–H and O–H groups in total. The molecule has 1 aliphatic carbocycles. The number of carbonyl (C=O) groups excluding carboxylic acids is 4. The van der Waals surface area contributed by atoms with Crippen molar-refractivity contribution in [1.29, 1.82) is 5.26 Å². The molecule has 4 amide bonds. The van der Waals surface area contributed by atoms with Gasteiger partial charge in [-0.05, 0) is 79.4 Å². The molecule has 1 saturated carbocycles. The molecule has 1 atom stereocenters. The molecule has 0 radical (unpaired) electrons. The molecule has 4 aliphatic heterocycles. The number of amides is 4. The molecule has 3 saturated heterocycles. The summed E-state index contributed by atoms with van der Waals surface area (Å²) in [6, 6.07) is 20.4. The van der Waals surface area contributed by atoms with E-state index in [9.17, 15) is 24.4 Å².